The van der Waals surface area contributed by atoms with Crippen LogP contribution in [0, 0.1) is 0 Å². The number of likely N-dealkylation sites (N-methyl/N-ethyl adjacent to an activating group) is 1. The van der Waals surface area contributed by atoms with E-state index in [4.69, 9.17) is 18.9 Å². The summed E-state index contributed by atoms with van der Waals surface area (Å²) < 4.78 is 21.9. The third kappa shape index (κ3) is 10.8. The van der Waals surface area contributed by atoms with E-state index in [-0.39, 0.29) is 0 Å². The average molecular weight is 437 g/mol. The fourth-order valence-electron chi connectivity index (χ4n) is 3.39. The van der Waals surface area contributed by atoms with Crippen molar-refractivity contribution in [1.29, 1.82) is 0 Å². The molecule has 1 fully saturated rings. The Bertz CT molecular complexity index is 623. The smallest absolute Gasteiger partial charge is 0.191 e. The van der Waals surface area contributed by atoms with E-state index in [2.05, 4.69) is 39.7 Å². The van der Waals surface area contributed by atoms with E-state index in [1.54, 1.807) is 14.2 Å². The van der Waals surface area contributed by atoms with Crippen molar-refractivity contribution in [3.8, 4) is 5.75 Å². The maximum absolute atomic E-state index is 5.99. The molecule has 0 bridgehead atoms. The number of benzene rings is 1. The van der Waals surface area contributed by atoms with Gasteiger partial charge >= 0.3 is 0 Å². The molecule has 1 aromatic rings. The van der Waals surface area contributed by atoms with E-state index in [1.165, 1.54) is 0 Å². The summed E-state index contributed by atoms with van der Waals surface area (Å²) in [6.07, 6.45) is 3.12. The van der Waals surface area contributed by atoms with Crippen LogP contribution in [-0.4, -0.2) is 90.8 Å². The number of nitrogens with zero attached hydrogens (tertiary/aromatic N) is 2. The quantitative estimate of drug-likeness (QED) is 0.262. The van der Waals surface area contributed by atoms with Crippen LogP contribution in [0.2, 0.25) is 0 Å². The molecule has 0 aliphatic carbocycles. The summed E-state index contributed by atoms with van der Waals surface area (Å²) in [6.45, 7) is 6.78. The van der Waals surface area contributed by atoms with Crippen LogP contribution in [0.25, 0.3) is 0 Å². The first-order valence-electron chi connectivity index (χ1n) is 11.2. The van der Waals surface area contributed by atoms with Crippen molar-refractivity contribution in [2.75, 3.05) is 73.9 Å². The highest BCUT2D eigenvalue weighted by Gasteiger charge is 2.17. The largest absolute Gasteiger partial charge is 0.492 e. The van der Waals surface area contributed by atoms with Gasteiger partial charge in [-0.3, -0.25) is 9.89 Å². The number of hydrogen-bond donors (Lipinski definition) is 2. The zero-order chi connectivity index (χ0) is 22.2. The Hall–Kier alpha value is -1.87. The molecule has 8 heteroatoms. The predicted molar refractivity (Wildman–Crippen MR) is 124 cm³/mol. The lowest BCUT2D eigenvalue weighted by molar-refractivity contribution is 0.0392. The first-order valence-corrected chi connectivity index (χ1v) is 11.2. The molecule has 0 atom stereocenters. The van der Waals surface area contributed by atoms with E-state index in [9.17, 15) is 0 Å². The SMILES string of the molecule is CN=C(NCCCOCCOC)NCc1cccc(OCCN(C)C2CCOCC2)c1. The highest BCUT2D eigenvalue weighted by atomic mass is 16.5. The van der Waals surface area contributed by atoms with Crippen molar-refractivity contribution in [3.05, 3.63) is 29.8 Å². The van der Waals surface area contributed by atoms with Crippen LogP contribution in [0.1, 0.15) is 24.8 Å². The normalized spacial score (nSPS) is 15.3. The Kier molecular flexibility index (Phi) is 13.0. The number of methoxy groups -OCH3 is 1. The third-order valence-corrected chi connectivity index (χ3v) is 5.30. The molecule has 0 radical (unpaired) electrons. The molecule has 1 aliphatic rings. The fourth-order valence-corrected chi connectivity index (χ4v) is 3.39. The molecule has 0 spiro atoms. The average Bonchev–Trinajstić information content (AvgIpc) is 2.81. The molecule has 0 saturated carbocycles. The Morgan fingerprint density at radius 2 is 2.00 bits per heavy atom. The minimum absolute atomic E-state index is 0.601. The van der Waals surface area contributed by atoms with Crippen LogP contribution >= 0.6 is 0 Å². The lowest BCUT2D eigenvalue weighted by atomic mass is 10.1. The minimum Gasteiger partial charge on any atom is -0.492 e. The Morgan fingerprint density at radius 1 is 1.16 bits per heavy atom. The van der Waals surface area contributed by atoms with E-state index >= 15 is 0 Å². The van der Waals surface area contributed by atoms with Crippen molar-refractivity contribution in [3.63, 3.8) is 0 Å². The molecule has 1 aromatic carbocycles. The third-order valence-electron chi connectivity index (χ3n) is 5.30. The van der Waals surface area contributed by atoms with Crippen molar-refractivity contribution in [2.24, 2.45) is 4.99 Å². The molecule has 8 nitrogen and oxygen atoms in total. The van der Waals surface area contributed by atoms with Gasteiger partial charge in [0.2, 0.25) is 0 Å². The topological polar surface area (TPSA) is 76.6 Å². The van der Waals surface area contributed by atoms with E-state index in [1.807, 2.05) is 12.1 Å². The van der Waals surface area contributed by atoms with Gasteiger partial charge in [-0.15, -0.1) is 0 Å². The van der Waals surface area contributed by atoms with Crippen molar-refractivity contribution in [1.82, 2.24) is 15.5 Å². The zero-order valence-corrected chi connectivity index (χ0v) is 19.4. The Labute approximate surface area is 187 Å². The second-order valence-corrected chi connectivity index (χ2v) is 7.63. The number of guanidine groups is 1. The highest BCUT2D eigenvalue weighted by Crippen LogP contribution is 2.15. The molecular weight excluding hydrogens is 396 g/mol. The van der Waals surface area contributed by atoms with Gasteiger partial charge in [0.1, 0.15) is 12.4 Å². The Morgan fingerprint density at radius 3 is 2.77 bits per heavy atom. The minimum atomic E-state index is 0.601. The summed E-state index contributed by atoms with van der Waals surface area (Å²) in [5.74, 6) is 1.68. The van der Waals surface area contributed by atoms with Crippen molar-refractivity contribution in [2.45, 2.75) is 31.8 Å². The summed E-state index contributed by atoms with van der Waals surface area (Å²) in [5, 5.41) is 6.65. The predicted octanol–water partition coefficient (Wildman–Crippen LogP) is 1.89. The van der Waals surface area contributed by atoms with E-state index in [0.717, 1.165) is 62.8 Å². The second-order valence-electron chi connectivity index (χ2n) is 7.63. The first kappa shape index (κ1) is 25.4. The zero-order valence-electron chi connectivity index (χ0n) is 19.4. The van der Waals surface area contributed by atoms with Gasteiger partial charge in [0, 0.05) is 59.7 Å². The van der Waals surface area contributed by atoms with Gasteiger partial charge < -0.3 is 29.6 Å². The molecule has 0 amide bonds. The molecule has 0 unspecified atom stereocenters. The van der Waals surface area contributed by atoms with Gasteiger partial charge in [-0.1, -0.05) is 12.1 Å². The van der Waals surface area contributed by atoms with Crippen LogP contribution in [0.5, 0.6) is 5.75 Å². The summed E-state index contributed by atoms with van der Waals surface area (Å²) >= 11 is 0. The molecule has 1 saturated heterocycles. The molecule has 1 heterocycles. The van der Waals surface area contributed by atoms with Crippen LogP contribution < -0.4 is 15.4 Å². The maximum Gasteiger partial charge on any atom is 0.191 e. The first-order chi connectivity index (χ1) is 15.2. The molecule has 0 aromatic heterocycles. The monoisotopic (exact) mass is 436 g/mol. The summed E-state index contributed by atoms with van der Waals surface area (Å²) in [6, 6.07) is 8.81. The van der Waals surface area contributed by atoms with Crippen molar-refractivity contribution >= 4 is 5.96 Å². The number of ether oxygens (including phenoxy) is 4. The standard InChI is InChI=1S/C23H40N4O4/c1-24-23(25-10-5-12-29-17-16-28-3)26-19-20-6-4-7-22(18-20)31-15-11-27(2)21-8-13-30-14-9-21/h4,6-7,18,21H,5,8-17,19H2,1-3H3,(H2,24,25,26). The van der Waals surface area contributed by atoms with E-state index in [0.29, 0.717) is 39.0 Å². The maximum atomic E-state index is 5.99. The number of rotatable bonds is 14. The number of nitrogens with one attached hydrogen (secondary N) is 2. The van der Waals surface area contributed by atoms with Gasteiger partial charge in [0.25, 0.3) is 0 Å². The Balaban J connectivity index is 1.63. The van der Waals surface area contributed by atoms with Crippen LogP contribution in [0.3, 0.4) is 0 Å². The van der Waals surface area contributed by atoms with Crippen LogP contribution in [-0.2, 0) is 20.8 Å². The second kappa shape index (κ2) is 15.9. The van der Waals surface area contributed by atoms with Gasteiger partial charge in [0.05, 0.1) is 13.2 Å². The summed E-state index contributed by atoms with van der Waals surface area (Å²) in [4.78, 5) is 6.66. The number of aliphatic imine (C=N–C) groups is 1. The van der Waals surface area contributed by atoms with Crippen molar-refractivity contribution < 1.29 is 18.9 Å². The molecule has 2 rings (SSSR count). The lowest BCUT2D eigenvalue weighted by Crippen LogP contribution is -2.38. The fraction of sp³-hybridized carbons (Fsp3) is 0.696. The van der Waals surface area contributed by atoms with Gasteiger partial charge in [-0.2, -0.15) is 0 Å². The van der Waals surface area contributed by atoms with Crippen LogP contribution in [0.4, 0.5) is 0 Å². The summed E-state index contributed by atoms with van der Waals surface area (Å²) in [7, 11) is 5.62. The molecule has 176 valence electrons. The van der Waals surface area contributed by atoms with Gasteiger partial charge in [-0.05, 0) is 44.0 Å². The van der Waals surface area contributed by atoms with E-state index < -0.39 is 0 Å². The molecule has 1 aliphatic heterocycles. The highest BCUT2D eigenvalue weighted by molar-refractivity contribution is 5.79. The number of hydrogen-bond acceptors (Lipinski definition) is 6. The van der Waals surface area contributed by atoms with Gasteiger partial charge in [-0.25, -0.2) is 0 Å². The molecule has 2 N–H and O–H groups in total. The van der Waals surface area contributed by atoms with Crippen LogP contribution in [0.15, 0.2) is 29.3 Å². The molecule has 31 heavy (non-hydrogen) atoms. The van der Waals surface area contributed by atoms with Gasteiger partial charge in [0.15, 0.2) is 5.96 Å². The lowest BCUT2D eigenvalue weighted by Gasteiger charge is -2.31. The summed E-state index contributed by atoms with van der Waals surface area (Å²) in [5.41, 5.74) is 1.15. The molecular formula is C23H40N4O4.